The van der Waals surface area contributed by atoms with E-state index in [4.69, 9.17) is 23.7 Å². The van der Waals surface area contributed by atoms with Crippen molar-refractivity contribution in [3.05, 3.63) is 36.8 Å². The fourth-order valence-corrected chi connectivity index (χ4v) is 1.83. The minimum absolute atomic E-state index is 0. The minimum atomic E-state index is -0.556. The van der Waals surface area contributed by atoms with Gasteiger partial charge in [-0.15, -0.1) is 0 Å². The summed E-state index contributed by atoms with van der Waals surface area (Å²) in [5.74, 6) is 0.354. The van der Waals surface area contributed by atoms with Crippen LogP contribution in [0, 0.1) is 21.3 Å². The average molecular weight is 326 g/mol. The van der Waals surface area contributed by atoms with E-state index >= 15 is 0 Å². The van der Waals surface area contributed by atoms with Crippen LogP contribution in [0.25, 0.3) is 0 Å². The first kappa shape index (κ1) is 20.6. The number of aromatic hydroxyl groups is 1. The molecule has 18 heavy (non-hydrogen) atoms. The molecule has 1 aliphatic rings. The number of aryl methyl sites for hydroxylation is 2. The standard InChI is InChI=1S/C8H10O.C5H10.CH3.2ClH.Ti/c1-6-3-7(2)5-8(9)4-6;1-2-4-5-3-1;;;;/h3-5,9H,1-2H3;1-5H2;1H3;2*1H;/q;;-1;;;+2/p-2. The van der Waals surface area contributed by atoms with Crippen molar-refractivity contribution in [2.45, 2.75) is 46.0 Å². The zero-order valence-electron chi connectivity index (χ0n) is 11.5. The summed E-state index contributed by atoms with van der Waals surface area (Å²) in [5.41, 5.74) is 2.21. The van der Waals surface area contributed by atoms with Crippen molar-refractivity contribution in [2.75, 3.05) is 0 Å². The van der Waals surface area contributed by atoms with Gasteiger partial charge in [-0.1, -0.05) is 38.2 Å². The summed E-state index contributed by atoms with van der Waals surface area (Å²) in [6.07, 6.45) is 7.50. The molecular formula is C14H23Cl2OTi-. The van der Waals surface area contributed by atoms with Crippen molar-refractivity contribution in [3.8, 4) is 5.75 Å². The van der Waals surface area contributed by atoms with Crippen LogP contribution in [0.2, 0.25) is 0 Å². The molecule has 0 unspecified atom stereocenters. The molecule has 0 aromatic heterocycles. The number of hydrogen-bond acceptors (Lipinski definition) is 1. The predicted molar refractivity (Wildman–Crippen MR) is 78.8 cm³/mol. The second-order valence-electron chi connectivity index (χ2n) is 4.19. The maximum atomic E-state index is 8.99. The van der Waals surface area contributed by atoms with Gasteiger partial charge in [-0.3, -0.25) is 0 Å². The van der Waals surface area contributed by atoms with Crippen LogP contribution in [0.5, 0.6) is 5.75 Å². The molecule has 0 spiro atoms. The van der Waals surface area contributed by atoms with Gasteiger partial charge in [0.1, 0.15) is 5.75 Å². The van der Waals surface area contributed by atoms with E-state index in [1.807, 2.05) is 19.9 Å². The van der Waals surface area contributed by atoms with Gasteiger partial charge in [0.05, 0.1) is 0 Å². The van der Waals surface area contributed by atoms with E-state index in [2.05, 4.69) is 0 Å². The van der Waals surface area contributed by atoms with E-state index in [9.17, 15) is 0 Å². The van der Waals surface area contributed by atoms with Gasteiger partial charge in [-0.25, -0.2) is 0 Å². The third-order valence-corrected chi connectivity index (χ3v) is 2.46. The Hall–Kier alpha value is 0.314. The molecule has 1 nitrogen and oxygen atoms in total. The van der Waals surface area contributed by atoms with E-state index in [1.165, 1.54) is 32.1 Å². The zero-order chi connectivity index (χ0) is 13.1. The summed E-state index contributed by atoms with van der Waals surface area (Å²) in [5, 5.41) is 8.99. The Morgan fingerprint density at radius 3 is 1.39 bits per heavy atom. The first-order valence-electron chi connectivity index (χ1n) is 5.83. The van der Waals surface area contributed by atoms with Crippen LogP contribution in [0.15, 0.2) is 18.2 Å². The summed E-state index contributed by atoms with van der Waals surface area (Å²) < 4.78 is 0. The maximum absolute atomic E-state index is 8.99. The van der Waals surface area contributed by atoms with Crippen molar-refractivity contribution >= 4 is 18.6 Å². The van der Waals surface area contributed by atoms with Crippen molar-refractivity contribution in [2.24, 2.45) is 0 Å². The monoisotopic (exact) mass is 325 g/mol. The number of phenolic OH excluding ortho intramolecular Hbond substituents is 1. The average Bonchev–Trinajstić information content (AvgIpc) is 2.73. The fourth-order valence-electron chi connectivity index (χ4n) is 1.83. The molecule has 1 aromatic rings. The van der Waals surface area contributed by atoms with Crippen molar-refractivity contribution in [1.29, 1.82) is 0 Å². The van der Waals surface area contributed by atoms with Crippen LogP contribution in [0.1, 0.15) is 43.2 Å². The Balaban J connectivity index is 0. The number of benzene rings is 1. The molecule has 1 aliphatic carbocycles. The van der Waals surface area contributed by atoms with Gasteiger partial charge in [0.2, 0.25) is 0 Å². The summed E-state index contributed by atoms with van der Waals surface area (Å²) >= 11 is -0.556. The summed E-state index contributed by atoms with van der Waals surface area (Å²) in [7, 11) is 9.78. The summed E-state index contributed by atoms with van der Waals surface area (Å²) in [6, 6.07) is 5.51. The van der Waals surface area contributed by atoms with Gasteiger partial charge in [0.15, 0.2) is 0 Å². The van der Waals surface area contributed by atoms with Crippen LogP contribution >= 0.6 is 18.6 Å². The first-order valence-corrected chi connectivity index (χ1v) is 10.1. The molecule has 1 fully saturated rings. The van der Waals surface area contributed by atoms with E-state index in [1.54, 1.807) is 12.1 Å². The Morgan fingerprint density at radius 1 is 0.889 bits per heavy atom. The van der Waals surface area contributed by atoms with Gasteiger partial charge in [-0.05, 0) is 37.1 Å². The topological polar surface area (TPSA) is 20.2 Å². The molecule has 0 aliphatic heterocycles. The zero-order valence-corrected chi connectivity index (χ0v) is 14.5. The molecule has 0 bridgehead atoms. The molecule has 4 heteroatoms. The third kappa shape index (κ3) is 12.8. The molecule has 104 valence electrons. The van der Waals surface area contributed by atoms with Gasteiger partial charge in [0, 0.05) is 0 Å². The molecule has 2 rings (SSSR count). The van der Waals surface area contributed by atoms with E-state index < -0.39 is 17.0 Å². The van der Waals surface area contributed by atoms with E-state index in [0.717, 1.165) is 11.1 Å². The molecular weight excluding hydrogens is 303 g/mol. The molecule has 0 atom stereocenters. The Morgan fingerprint density at radius 2 is 1.17 bits per heavy atom. The van der Waals surface area contributed by atoms with Gasteiger partial charge < -0.3 is 12.5 Å². The van der Waals surface area contributed by atoms with Gasteiger partial charge in [-0.2, -0.15) is 0 Å². The number of phenols is 1. The van der Waals surface area contributed by atoms with Crippen LogP contribution in [-0.2, 0) is 17.0 Å². The molecule has 1 aromatic carbocycles. The van der Waals surface area contributed by atoms with E-state index in [-0.39, 0.29) is 7.43 Å². The van der Waals surface area contributed by atoms with Crippen molar-refractivity contribution in [1.82, 2.24) is 0 Å². The second kappa shape index (κ2) is 13.7. The van der Waals surface area contributed by atoms with E-state index in [0.29, 0.717) is 5.75 Å². The normalized spacial score (nSPS) is 12.2. The summed E-state index contributed by atoms with van der Waals surface area (Å²) in [4.78, 5) is 0. The number of halogens is 2. The van der Waals surface area contributed by atoms with Gasteiger partial charge >= 0.3 is 35.6 Å². The van der Waals surface area contributed by atoms with Gasteiger partial charge in [0.25, 0.3) is 0 Å². The molecule has 1 saturated carbocycles. The molecule has 0 saturated heterocycles. The molecule has 0 heterocycles. The predicted octanol–water partition coefficient (Wildman–Crippen LogP) is 5.79. The first-order chi connectivity index (χ1) is 8.10. The quantitative estimate of drug-likeness (QED) is 0.473. The summed E-state index contributed by atoms with van der Waals surface area (Å²) in [6.45, 7) is 3.93. The van der Waals surface area contributed by atoms with Crippen LogP contribution in [0.3, 0.4) is 0 Å². The Kier molecular flexibility index (Phi) is 15.7. The second-order valence-corrected chi connectivity index (χ2v) is 6.76. The number of rotatable bonds is 0. The third-order valence-electron chi connectivity index (χ3n) is 2.46. The van der Waals surface area contributed by atoms with Crippen molar-refractivity contribution < 1.29 is 22.1 Å². The number of hydrogen-bond donors (Lipinski definition) is 1. The van der Waals surface area contributed by atoms with Crippen LogP contribution < -0.4 is 0 Å². The Bertz CT molecular complexity index is 244. The van der Waals surface area contributed by atoms with Crippen LogP contribution in [0.4, 0.5) is 0 Å². The Labute approximate surface area is 129 Å². The van der Waals surface area contributed by atoms with Crippen LogP contribution in [-0.4, -0.2) is 5.11 Å². The molecule has 0 radical (unpaired) electrons. The molecule has 1 N–H and O–H groups in total. The van der Waals surface area contributed by atoms with Crippen molar-refractivity contribution in [3.63, 3.8) is 0 Å². The molecule has 0 amide bonds. The SMILES string of the molecule is C1CCCC1.Cc1cc(C)cc(O)c1.[CH3-].[Cl][Ti][Cl]. The fraction of sp³-hybridized carbons (Fsp3) is 0.500.